The summed E-state index contributed by atoms with van der Waals surface area (Å²) in [7, 11) is 4.23. The fraction of sp³-hybridized carbons (Fsp3) is 0.647. The first-order chi connectivity index (χ1) is 8.79. The van der Waals surface area contributed by atoms with Gasteiger partial charge in [-0.2, -0.15) is 0 Å². The summed E-state index contributed by atoms with van der Waals surface area (Å²) in [5.74, 6) is 0.373. The molecule has 0 heterocycles. The van der Waals surface area contributed by atoms with Crippen LogP contribution in [-0.2, 0) is 5.41 Å². The molecule has 0 aliphatic heterocycles. The van der Waals surface area contributed by atoms with E-state index < -0.39 is 0 Å². The van der Waals surface area contributed by atoms with Crippen LogP contribution in [0.2, 0.25) is 0 Å². The minimum absolute atomic E-state index is 0.0151. The standard InChI is InChI=1S/C17H26FN/c1-17(2,3)13-7-9-15(16(18)11-13)12-6-8-14(10-12)19(4)5/h7,9,11-12,14H,6,8,10H2,1-5H3/t12?,14-/m1/s1. The van der Waals surface area contributed by atoms with Crippen LogP contribution in [0.4, 0.5) is 4.39 Å². The van der Waals surface area contributed by atoms with E-state index in [9.17, 15) is 4.39 Å². The lowest BCUT2D eigenvalue weighted by Gasteiger charge is -2.22. The molecule has 2 heteroatoms. The molecule has 1 aliphatic rings. The van der Waals surface area contributed by atoms with Crippen molar-refractivity contribution >= 4 is 0 Å². The molecule has 19 heavy (non-hydrogen) atoms. The molecule has 0 saturated heterocycles. The van der Waals surface area contributed by atoms with E-state index in [2.05, 4.69) is 45.8 Å². The number of nitrogens with zero attached hydrogens (tertiary/aromatic N) is 1. The molecule has 1 saturated carbocycles. The van der Waals surface area contributed by atoms with Crippen molar-refractivity contribution in [2.75, 3.05) is 14.1 Å². The first-order valence-electron chi connectivity index (χ1n) is 7.25. The molecule has 1 fully saturated rings. The monoisotopic (exact) mass is 263 g/mol. The van der Waals surface area contributed by atoms with Gasteiger partial charge in [0.1, 0.15) is 5.82 Å². The van der Waals surface area contributed by atoms with E-state index in [1.165, 1.54) is 6.42 Å². The lowest BCUT2D eigenvalue weighted by atomic mass is 9.85. The van der Waals surface area contributed by atoms with Crippen molar-refractivity contribution in [3.8, 4) is 0 Å². The van der Waals surface area contributed by atoms with Gasteiger partial charge >= 0.3 is 0 Å². The maximum absolute atomic E-state index is 14.3. The first-order valence-corrected chi connectivity index (χ1v) is 7.25. The van der Waals surface area contributed by atoms with Crippen LogP contribution in [0, 0.1) is 5.82 Å². The Kier molecular flexibility index (Phi) is 4.00. The zero-order chi connectivity index (χ0) is 14.2. The van der Waals surface area contributed by atoms with Crippen LogP contribution in [0.25, 0.3) is 0 Å². The van der Waals surface area contributed by atoms with Gasteiger partial charge in [-0.15, -0.1) is 0 Å². The number of hydrogen-bond donors (Lipinski definition) is 0. The highest BCUT2D eigenvalue weighted by molar-refractivity contribution is 5.31. The van der Waals surface area contributed by atoms with Crippen LogP contribution in [0.1, 0.15) is 57.1 Å². The Bertz CT molecular complexity index is 445. The largest absolute Gasteiger partial charge is 0.306 e. The fourth-order valence-electron chi connectivity index (χ4n) is 3.03. The van der Waals surface area contributed by atoms with Crippen molar-refractivity contribution in [3.63, 3.8) is 0 Å². The summed E-state index contributed by atoms with van der Waals surface area (Å²) in [4.78, 5) is 2.27. The maximum atomic E-state index is 14.3. The lowest BCUT2D eigenvalue weighted by Crippen LogP contribution is -2.24. The van der Waals surface area contributed by atoms with Crippen molar-refractivity contribution in [1.29, 1.82) is 0 Å². The quantitative estimate of drug-likeness (QED) is 0.768. The van der Waals surface area contributed by atoms with Gasteiger partial charge in [-0.3, -0.25) is 0 Å². The van der Waals surface area contributed by atoms with Crippen molar-refractivity contribution in [1.82, 2.24) is 4.90 Å². The third kappa shape index (κ3) is 3.17. The van der Waals surface area contributed by atoms with E-state index in [1.807, 2.05) is 6.07 Å². The highest BCUT2D eigenvalue weighted by Crippen LogP contribution is 2.38. The predicted molar refractivity (Wildman–Crippen MR) is 79.2 cm³/mol. The Morgan fingerprint density at radius 2 is 1.84 bits per heavy atom. The van der Waals surface area contributed by atoms with E-state index in [1.54, 1.807) is 6.07 Å². The molecule has 1 aliphatic carbocycles. The minimum Gasteiger partial charge on any atom is -0.306 e. The van der Waals surface area contributed by atoms with Crippen LogP contribution in [-0.4, -0.2) is 25.0 Å². The maximum Gasteiger partial charge on any atom is 0.126 e. The summed E-state index contributed by atoms with van der Waals surface area (Å²) >= 11 is 0. The smallest absolute Gasteiger partial charge is 0.126 e. The highest BCUT2D eigenvalue weighted by atomic mass is 19.1. The average molecular weight is 263 g/mol. The molecule has 0 bridgehead atoms. The Morgan fingerprint density at radius 1 is 1.16 bits per heavy atom. The van der Waals surface area contributed by atoms with E-state index in [0.29, 0.717) is 12.0 Å². The Morgan fingerprint density at radius 3 is 2.32 bits per heavy atom. The molecule has 1 aromatic rings. The van der Waals surface area contributed by atoms with Crippen LogP contribution < -0.4 is 0 Å². The molecular formula is C17H26FN. The number of hydrogen-bond acceptors (Lipinski definition) is 1. The number of halogens is 1. The Hall–Kier alpha value is -0.890. The van der Waals surface area contributed by atoms with Crippen LogP contribution >= 0.6 is 0 Å². The molecule has 0 spiro atoms. The molecule has 1 aromatic carbocycles. The molecule has 1 unspecified atom stereocenters. The first kappa shape index (κ1) is 14.5. The summed E-state index contributed by atoms with van der Waals surface area (Å²) in [6.07, 6.45) is 3.37. The molecule has 0 amide bonds. The molecule has 0 aromatic heterocycles. The highest BCUT2D eigenvalue weighted by Gasteiger charge is 2.29. The third-order valence-corrected chi connectivity index (χ3v) is 4.44. The Balaban J connectivity index is 2.19. The molecule has 2 atom stereocenters. The second-order valence-corrected chi connectivity index (χ2v) is 7.11. The van der Waals surface area contributed by atoms with Gasteiger partial charge in [0, 0.05) is 6.04 Å². The van der Waals surface area contributed by atoms with Crippen molar-refractivity contribution in [3.05, 3.63) is 35.1 Å². The second kappa shape index (κ2) is 5.24. The van der Waals surface area contributed by atoms with Gasteiger partial charge in [-0.25, -0.2) is 4.39 Å². The van der Waals surface area contributed by atoms with Gasteiger partial charge in [0.05, 0.1) is 0 Å². The van der Waals surface area contributed by atoms with Crippen LogP contribution in [0.15, 0.2) is 18.2 Å². The number of benzene rings is 1. The zero-order valence-corrected chi connectivity index (χ0v) is 12.8. The normalized spacial score (nSPS) is 24.2. The molecular weight excluding hydrogens is 237 g/mol. The van der Waals surface area contributed by atoms with Gasteiger partial charge in [0.25, 0.3) is 0 Å². The summed E-state index contributed by atoms with van der Waals surface area (Å²) in [6, 6.07) is 6.45. The SMILES string of the molecule is CN(C)[C@@H]1CCC(c2ccc(C(C)(C)C)cc2F)C1. The van der Waals surface area contributed by atoms with Crippen molar-refractivity contribution in [2.24, 2.45) is 0 Å². The van der Waals surface area contributed by atoms with Gasteiger partial charge in [0.15, 0.2) is 0 Å². The van der Waals surface area contributed by atoms with Crippen molar-refractivity contribution in [2.45, 2.75) is 57.4 Å². The third-order valence-electron chi connectivity index (χ3n) is 4.44. The lowest BCUT2D eigenvalue weighted by molar-refractivity contribution is 0.296. The number of rotatable bonds is 2. The van der Waals surface area contributed by atoms with Gasteiger partial charge in [-0.05, 0) is 61.9 Å². The van der Waals surface area contributed by atoms with Gasteiger partial charge < -0.3 is 4.90 Å². The second-order valence-electron chi connectivity index (χ2n) is 7.11. The van der Waals surface area contributed by atoms with E-state index in [-0.39, 0.29) is 11.2 Å². The topological polar surface area (TPSA) is 3.24 Å². The minimum atomic E-state index is -0.0168. The van der Waals surface area contributed by atoms with Crippen LogP contribution in [0.3, 0.4) is 0 Å². The molecule has 2 rings (SSSR count). The molecule has 1 nitrogen and oxygen atoms in total. The fourth-order valence-corrected chi connectivity index (χ4v) is 3.03. The summed E-state index contributed by atoms with van der Waals surface area (Å²) in [5.41, 5.74) is 2.01. The zero-order valence-electron chi connectivity index (χ0n) is 12.8. The molecule has 106 valence electrons. The average Bonchev–Trinajstić information content (AvgIpc) is 2.76. The Labute approximate surface area is 116 Å². The van der Waals surface area contributed by atoms with Crippen LogP contribution in [0.5, 0.6) is 0 Å². The van der Waals surface area contributed by atoms with E-state index in [0.717, 1.165) is 24.0 Å². The summed E-state index contributed by atoms with van der Waals surface area (Å²) in [6.45, 7) is 6.37. The summed E-state index contributed by atoms with van der Waals surface area (Å²) < 4.78 is 14.3. The predicted octanol–water partition coefficient (Wildman–Crippen LogP) is 4.32. The molecule has 0 N–H and O–H groups in total. The van der Waals surface area contributed by atoms with Gasteiger partial charge in [-0.1, -0.05) is 32.9 Å². The van der Waals surface area contributed by atoms with E-state index in [4.69, 9.17) is 0 Å². The van der Waals surface area contributed by atoms with Crippen molar-refractivity contribution < 1.29 is 4.39 Å². The summed E-state index contributed by atoms with van der Waals surface area (Å²) in [5, 5.41) is 0. The van der Waals surface area contributed by atoms with Gasteiger partial charge in [0.2, 0.25) is 0 Å². The van der Waals surface area contributed by atoms with E-state index >= 15 is 0 Å². The molecule has 0 radical (unpaired) electrons.